The van der Waals surface area contributed by atoms with Crippen molar-refractivity contribution in [3.05, 3.63) is 33.8 Å². The monoisotopic (exact) mass is 301 g/mol. The fraction of sp³-hybridized carbons (Fsp3) is 0.600. The maximum Gasteiger partial charge on any atom is 0.0595 e. The van der Waals surface area contributed by atoms with Crippen molar-refractivity contribution in [3.63, 3.8) is 0 Å². The summed E-state index contributed by atoms with van der Waals surface area (Å²) in [6.45, 7) is 0.932. The molecule has 1 aliphatic heterocycles. The van der Waals surface area contributed by atoms with Crippen LogP contribution in [0.1, 0.15) is 31.2 Å². The molecule has 19 heavy (non-hydrogen) atoms. The predicted molar refractivity (Wildman–Crippen MR) is 81.2 cm³/mol. The van der Waals surface area contributed by atoms with Crippen molar-refractivity contribution in [2.45, 2.75) is 44.2 Å². The first-order valence-electron chi connectivity index (χ1n) is 6.92. The van der Waals surface area contributed by atoms with Crippen molar-refractivity contribution in [2.24, 2.45) is 0 Å². The van der Waals surface area contributed by atoms with E-state index in [1.807, 2.05) is 25.2 Å². The summed E-state index contributed by atoms with van der Waals surface area (Å²) in [6, 6.07) is 6.33. The van der Waals surface area contributed by atoms with Crippen LogP contribution in [0, 0.1) is 0 Å². The summed E-state index contributed by atoms with van der Waals surface area (Å²) in [5, 5.41) is 4.63. The van der Waals surface area contributed by atoms with E-state index in [-0.39, 0.29) is 0 Å². The Morgan fingerprint density at radius 2 is 2.21 bits per heavy atom. The molecule has 106 valence electrons. The highest BCUT2D eigenvalue weighted by atomic mass is 35.5. The SMILES string of the molecule is CNC(CCC1CCCO1)Cc1ccc(Cl)c(Cl)c1. The van der Waals surface area contributed by atoms with Gasteiger partial charge in [-0.25, -0.2) is 0 Å². The summed E-state index contributed by atoms with van der Waals surface area (Å²) in [6.07, 6.45) is 6.11. The molecule has 2 unspecified atom stereocenters. The summed E-state index contributed by atoms with van der Waals surface area (Å²) in [5.41, 5.74) is 1.22. The van der Waals surface area contributed by atoms with Gasteiger partial charge in [0, 0.05) is 12.6 Å². The Kier molecular flexibility index (Phi) is 5.96. The van der Waals surface area contributed by atoms with Crippen LogP contribution in [-0.2, 0) is 11.2 Å². The molecule has 0 saturated carbocycles. The van der Waals surface area contributed by atoms with Crippen molar-refractivity contribution in [2.75, 3.05) is 13.7 Å². The third kappa shape index (κ3) is 4.64. The highest BCUT2D eigenvalue weighted by Crippen LogP contribution is 2.24. The van der Waals surface area contributed by atoms with E-state index in [4.69, 9.17) is 27.9 Å². The number of benzene rings is 1. The van der Waals surface area contributed by atoms with E-state index >= 15 is 0 Å². The molecule has 1 aromatic rings. The summed E-state index contributed by atoms with van der Waals surface area (Å²) >= 11 is 12.0. The molecule has 2 rings (SSSR count). The van der Waals surface area contributed by atoms with E-state index in [9.17, 15) is 0 Å². The van der Waals surface area contributed by atoms with Gasteiger partial charge in [-0.2, -0.15) is 0 Å². The normalized spacial score (nSPS) is 20.7. The van der Waals surface area contributed by atoms with Gasteiger partial charge in [0.15, 0.2) is 0 Å². The zero-order chi connectivity index (χ0) is 13.7. The molecule has 4 heteroatoms. The number of rotatable bonds is 6. The minimum atomic E-state index is 0.460. The van der Waals surface area contributed by atoms with Gasteiger partial charge in [-0.3, -0.25) is 0 Å². The fourth-order valence-electron chi connectivity index (χ4n) is 2.56. The number of nitrogens with one attached hydrogen (secondary N) is 1. The summed E-state index contributed by atoms with van der Waals surface area (Å²) in [5.74, 6) is 0. The van der Waals surface area contributed by atoms with Gasteiger partial charge in [-0.05, 0) is 56.8 Å². The van der Waals surface area contributed by atoms with Gasteiger partial charge in [0.25, 0.3) is 0 Å². The third-order valence-corrected chi connectivity index (χ3v) is 4.47. The van der Waals surface area contributed by atoms with Crippen molar-refractivity contribution in [1.29, 1.82) is 0 Å². The van der Waals surface area contributed by atoms with Gasteiger partial charge in [0.2, 0.25) is 0 Å². The lowest BCUT2D eigenvalue weighted by molar-refractivity contribution is 0.0998. The molecule has 1 N–H and O–H groups in total. The van der Waals surface area contributed by atoms with Gasteiger partial charge < -0.3 is 10.1 Å². The van der Waals surface area contributed by atoms with Crippen LogP contribution in [0.4, 0.5) is 0 Å². The number of likely N-dealkylation sites (N-methyl/N-ethyl adjacent to an activating group) is 1. The smallest absolute Gasteiger partial charge is 0.0595 e. The lowest BCUT2D eigenvalue weighted by Crippen LogP contribution is -2.28. The molecular formula is C15H21Cl2NO. The minimum absolute atomic E-state index is 0.460. The molecule has 2 nitrogen and oxygen atoms in total. The van der Waals surface area contributed by atoms with Crippen molar-refractivity contribution < 1.29 is 4.74 Å². The van der Waals surface area contributed by atoms with Crippen LogP contribution in [0.15, 0.2) is 18.2 Å². The van der Waals surface area contributed by atoms with Crippen LogP contribution in [0.2, 0.25) is 10.0 Å². The molecule has 0 amide bonds. The number of halogens is 2. The highest BCUT2D eigenvalue weighted by molar-refractivity contribution is 6.42. The average Bonchev–Trinajstić information content (AvgIpc) is 2.92. The molecule has 0 bridgehead atoms. The largest absolute Gasteiger partial charge is 0.378 e. The van der Waals surface area contributed by atoms with E-state index in [0.29, 0.717) is 22.2 Å². The number of hydrogen-bond acceptors (Lipinski definition) is 2. The van der Waals surface area contributed by atoms with E-state index in [1.165, 1.54) is 18.4 Å². The molecule has 2 atom stereocenters. The van der Waals surface area contributed by atoms with Crippen LogP contribution in [0.5, 0.6) is 0 Å². The molecular weight excluding hydrogens is 281 g/mol. The second-order valence-electron chi connectivity index (χ2n) is 5.15. The third-order valence-electron chi connectivity index (χ3n) is 3.74. The first kappa shape index (κ1) is 15.1. The van der Waals surface area contributed by atoms with Crippen LogP contribution < -0.4 is 5.32 Å². The lowest BCUT2D eigenvalue weighted by atomic mass is 9.99. The molecule has 1 aliphatic rings. The first-order valence-corrected chi connectivity index (χ1v) is 7.67. The average molecular weight is 302 g/mol. The topological polar surface area (TPSA) is 21.3 Å². The van der Waals surface area contributed by atoms with Gasteiger partial charge in [-0.15, -0.1) is 0 Å². The first-order chi connectivity index (χ1) is 9.19. The number of hydrogen-bond donors (Lipinski definition) is 1. The second kappa shape index (κ2) is 7.49. The summed E-state index contributed by atoms with van der Waals surface area (Å²) < 4.78 is 5.67. The van der Waals surface area contributed by atoms with E-state index < -0.39 is 0 Å². The Bertz CT molecular complexity index is 405. The zero-order valence-corrected chi connectivity index (χ0v) is 12.8. The molecule has 0 aromatic heterocycles. The summed E-state index contributed by atoms with van der Waals surface area (Å²) in [7, 11) is 2.01. The maximum atomic E-state index is 6.05. The molecule has 0 radical (unpaired) electrons. The Labute approximate surface area is 125 Å². The minimum Gasteiger partial charge on any atom is -0.378 e. The van der Waals surface area contributed by atoms with Gasteiger partial charge in [0.05, 0.1) is 16.1 Å². The maximum absolute atomic E-state index is 6.05. The quantitative estimate of drug-likeness (QED) is 0.855. The Morgan fingerprint density at radius 3 is 2.84 bits per heavy atom. The van der Waals surface area contributed by atoms with Crippen molar-refractivity contribution in [3.8, 4) is 0 Å². The Hall–Kier alpha value is -0.280. The standard InChI is InChI=1S/C15H21Cl2NO/c1-18-12(5-6-13-3-2-8-19-13)9-11-4-7-14(16)15(17)10-11/h4,7,10,12-13,18H,2-3,5-6,8-9H2,1H3. The van der Waals surface area contributed by atoms with E-state index in [2.05, 4.69) is 5.32 Å². The summed E-state index contributed by atoms with van der Waals surface area (Å²) in [4.78, 5) is 0. The van der Waals surface area contributed by atoms with E-state index in [0.717, 1.165) is 25.9 Å². The molecule has 0 aliphatic carbocycles. The molecule has 0 spiro atoms. The van der Waals surface area contributed by atoms with Crippen LogP contribution in [-0.4, -0.2) is 25.8 Å². The highest BCUT2D eigenvalue weighted by Gasteiger charge is 2.17. The van der Waals surface area contributed by atoms with Gasteiger partial charge in [-0.1, -0.05) is 29.3 Å². The number of ether oxygens (including phenoxy) is 1. The Morgan fingerprint density at radius 1 is 1.37 bits per heavy atom. The van der Waals surface area contributed by atoms with Crippen molar-refractivity contribution >= 4 is 23.2 Å². The Balaban J connectivity index is 1.85. The molecule has 1 saturated heterocycles. The second-order valence-corrected chi connectivity index (χ2v) is 5.96. The van der Waals surface area contributed by atoms with Gasteiger partial charge >= 0.3 is 0 Å². The zero-order valence-electron chi connectivity index (χ0n) is 11.3. The molecule has 1 heterocycles. The fourth-order valence-corrected chi connectivity index (χ4v) is 2.88. The van der Waals surface area contributed by atoms with E-state index in [1.54, 1.807) is 0 Å². The van der Waals surface area contributed by atoms with Crippen LogP contribution in [0.3, 0.4) is 0 Å². The van der Waals surface area contributed by atoms with Crippen molar-refractivity contribution in [1.82, 2.24) is 5.32 Å². The molecule has 1 fully saturated rings. The predicted octanol–water partition coefficient (Wildman–Crippen LogP) is 4.08. The molecule has 1 aromatic carbocycles. The van der Waals surface area contributed by atoms with Gasteiger partial charge in [0.1, 0.15) is 0 Å². The van der Waals surface area contributed by atoms with Crippen LogP contribution >= 0.6 is 23.2 Å². The lowest BCUT2D eigenvalue weighted by Gasteiger charge is -2.18. The van der Waals surface area contributed by atoms with Crippen LogP contribution in [0.25, 0.3) is 0 Å².